The molecule has 0 atom stereocenters. The van der Waals surface area contributed by atoms with E-state index < -0.39 is 16.6 Å². The first-order valence-electron chi connectivity index (χ1n) is 5.05. The van der Waals surface area contributed by atoms with E-state index in [1.807, 2.05) is 0 Å². The van der Waals surface area contributed by atoms with Gasteiger partial charge in [-0.3, -0.25) is 9.82 Å². The Morgan fingerprint density at radius 2 is 2.11 bits per heavy atom. The molecule has 1 aromatic heterocycles. The summed E-state index contributed by atoms with van der Waals surface area (Å²) >= 11 is 11.7. The maximum Gasteiger partial charge on any atom is 0.279 e. The summed E-state index contributed by atoms with van der Waals surface area (Å²) in [5.74, 6) is 0. The van der Waals surface area contributed by atoms with Crippen LogP contribution < -0.4 is 4.72 Å². The Bertz CT molecular complexity index is 700. The molecule has 0 saturated heterocycles. The lowest BCUT2D eigenvalue weighted by Gasteiger charge is -2.09. The summed E-state index contributed by atoms with van der Waals surface area (Å²) in [7, 11) is -3.92. The second-order valence-electron chi connectivity index (χ2n) is 3.61. The van der Waals surface area contributed by atoms with Gasteiger partial charge in [0, 0.05) is 10.6 Å². The number of anilines is 1. The Kier molecular flexibility index (Phi) is 4.00. The number of H-pyrrole nitrogens is 1. The highest BCUT2D eigenvalue weighted by molar-refractivity contribution is 7.92. The Labute approximate surface area is 119 Å². The summed E-state index contributed by atoms with van der Waals surface area (Å²) in [5.41, 5.74) is 0.304. The fourth-order valence-electron chi connectivity index (χ4n) is 1.42. The minimum absolute atomic E-state index is 0.146. The third kappa shape index (κ3) is 3.01. The molecule has 2 rings (SSSR count). The van der Waals surface area contributed by atoms with E-state index in [9.17, 15) is 8.42 Å². The predicted octanol–water partition coefficient (Wildman–Crippen LogP) is 2.01. The topological polar surface area (TPSA) is 95.1 Å². The monoisotopic (exact) mass is 321 g/mol. The summed E-state index contributed by atoms with van der Waals surface area (Å²) in [4.78, 5) is 0. The highest BCUT2D eigenvalue weighted by atomic mass is 35.5. The van der Waals surface area contributed by atoms with Gasteiger partial charge < -0.3 is 5.11 Å². The van der Waals surface area contributed by atoms with E-state index in [0.29, 0.717) is 5.02 Å². The molecule has 2 aromatic rings. The van der Waals surface area contributed by atoms with Crippen molar-refractivity contribution in [1.82, 2.24) is 10.2 Å². The third-order valence-corrected chi connectivity index (χ3v) is 4.23. The number of benzene rings is 1. The van der Waals surface area contributed by atoms with Gasteiger partial charge in [-0.2, -0.15) is 13.5 Å². The largest absolute Gasteiger partial charge is 0.392 e. The van der Waals surface area contributed by atoms with E-state index >= 15 is 0 Å². The zero-order chi connectivity index (χ0) is 14.0. The average Bonchev–Trinajstić information content (AvgIpc) is 2.82. The van der Waals surface area contributed by atoms with Gasteiger partial charge in [-0.25, -0.2) is 0 Å². The number of aliphatic hydroxyl groups is 1. The third-order valence-electron chi connectivity index (χ3n) is 2.29. The summed E-state index contributed by atoms with van der Waals surface area (Å²) in [6.45, 7) is -0.448. The van der Waals surface area contributed by atoms with Gasteiger partial charge in [-0.1, -0.05) is 23.2 Å². The zero-order valence-electron chi connectivity index (χ0n) is 9.39. The van der Waals surface area contributed by atoms with Gasteiger partial charge in [0.2, 0.25) is 0 Å². The molecule has 102 valence electrons. The number of halogens is 2. The van der Waals surface area contributed by atoms with Crippen molar-refractivity contribution in [1.29, 1.82) is 0 Å². The summed E-state index contributed by atoms with van der Waals surface area (Å²) in [5, 5.41) is 15.3. The molecule has 0 aliphatic heterocycles. The van der Waals surface area contributed by atoms with E-state index in [1.165, 1.54) is 24.4 Å². The molecule has 0 radical (unpaired) electrons. The molecule has 1 aromatic carbocycles. The number of rotatable bonds is 4. The Hall–Kier alpha value is -1.28. The van der Waals surface area contributed by atoms with Crippen molar-refractivity contribution in [2.75, 3.05) is 4.72 Å². The number of nitrogens with zero attached hydrogens (tertiary/aromatic N) is 1. The predicted molar refractivity (Wildman–Crippen MR) is 71.8 cm³/mol. The number of hydrogen-bond acceptors (Lipinski definition) is 4. The van der Waals surface area contributed by atoms with Crippen LogP contribution >= 0.6 is 23.2 Å². The lowest BCUT2D eigenvalue weighted by Crippen LogP contribution is -2.15. The minimum Gasteiger partial charge on any atom is -0.392 e. The number of aromatic amines is 1. The van der Waals surface area contributed by atoms with Crippen molar-refractivity contribution in [3.05, 3.63) is 40.0 Å². The first kappa shape index (κ1) is 14.1. The fourth-order valence-corrected chi connectivity index (χ4v) is 3.00. The molecule has 0 amide bonds. The van der Waals surface area contributed by atoms with Gasteiger partial charge in [-0.05, 0) is 18.2 Å². The molecule has 9 heteroatoms. The number of sulfonamides is 1. The highest BCUT2D eigenvalue weighted by Gasteiger charge is 2.21. The standard InChI is InChI=1S/C10H9Cl2N3O3S/c11-7-1-2-8(12)9(3-7)15-19(17,18)10-6(5-16)4-13-14-10/h1-4,15-16H,5H2,(H,13,14). The number of aliphatic hydroxyl groups excluding tert-OH is 1. The average molecular weight is 322 g/mol. The van der Waals surface area contributed by atoms with Crippen LogP contribution in [0.3, 0.4) is 0 Å². The Morgan fingerprint density at radius 1 is 1.37 bits per heavy atom. The smallest absolute Gasteiger partial charge is 0.279 e. The van der Waals surface area contributed by atoms with Gasteiger partial charge in [0.25, 0.3) is 10.0 Å². The molecule has 0 unspecified atom stereocenters. The lowest BCUT2D eigenvalue weighted by atomic mass is 10.3. The number of nitrogens with one attached hydrogen (secondary N) is 2. The Balaban J connectivity index is 2.39. The molecule has 0 aliphatic carbocycles. The van der Waals surface area contributed by atoms with E-state index in [4.69, 9.17) is 28.3 Å². The molecular weight excluding hydrogens is 313 g/mol. The van der Waals surface area contributed by atoms with Crippen molar-refractivity contribution in [3.63, 3.8) is 0 Å². The van der Waals surface area contributed by atoms with Crippen LogP contribution in [0.25, 0.3) is 0 Å². The summed E-state index contributed by atoms with van der Waals surface area (Å²) < 4.78 is 26.5. The van der Waals surface area contributed by atoms with Gasteiger partial charge in [0.15, 0.2) is 5.03 Å². The van der Waals surface area contributed by atoms with Crippen molar-refractivity contribution in [3.8, 4) is 0 Å². The summed E-state index contributed by atoms with van der Waals surface area (Å²) in [6, 6.07) is 4.40. The van der Waals surface area contributed by atoms with Crippen molar-refractivity contribution < 1.29 is 13.5 Å². The molecule has 0 spiro atoms. The molecule has 19 heavy (non-hydrogen) atoms. The van der Waals surface area contributed by atoms with Crippen LogP contribution in [0.4, 0.5) is 5.69 Å². The van der Waals surface area contributed by atoms with Crippen LogP contribution in [-0.4, -0.2) is 23.7 Å². The fraction of sp³-hybridized carbons (Fsp3) is 0.100. The van der Waals surface area contributed by atoms with Crippen molar-refractivity contribution in [2.45, 2.75) is 11.6 Å². The lowest BCUT2D eigenvalue weighted by molar-refractivity contribution is 0.278. The van der Waals surface area contributed by atoms with E-state index in [2.05, 4.69) is 14.9 Å². The first-order chi connectivity index (χ1) is 8.94. The second-order valence-corrected chi connectivity index (χ2v) is 6.08. The van der Waals surface area contributed by atoms with Crippen LogP contribution in [0.1, 0.15) is 5.56 Å². The Morgan fingerprint density at radius 3 is 2.79 bits per heavy atom. The number of hydrogen-bond donors (Lipinski definition) is 3. The van der Waals surface area contributed by atoms with E-state index in [1.54, 1.807) is 0 Å². The number of aromatic nitrogens is 2. The highest BCUT2D eigenvalue weighted by Crippen LogP contribution is 2.27. The quantitative estimate of drug-likeness (QED) is 0.802. The van der Waals surface area contributed by atoms with E-state index in [0.717, 1.165) is 0 Å². The summed E-state index contributed by atoms with van der Waals surface area (Å²) in [6.07, 6.45) is 1.23. The van der Waals surface area contributed by atoms with Crippen LogP contribution in [0.5, 0.6) is 0 Å². The molecule has 0 aliphatic rings. The molecule has 1 heterocycles. The van der Waals surface area contributed by atoms with Crippen molar-refractivity contribution >= 4 is 38.9 Å². The molecule has 6 nitrogen and oxygen atoms in total. The zero-order valence-corrected chi connectivity index (χ0v) is 11.7. The van der Waals surface area contributed by atoms with Crippen LogP contribution in [0.15, 0.2) is 29.4 Å². The molecule has 3 N–H and O–H groups in total. The normalized spacial score (nSPS) is 11.5. The maximum absolute atomic E-state index is 12.1. The minimum atomic E-state index is -3.92. The van der Waals surface area contributed by atoms with Gasteiger partial charge in [0.05, 0.1) is 23.5 Å². The van der Waals surface area contributed by atoms with Crippen molar-refractivity contribution in [2.24, 2.45) is 0 Å². The molecule has 0 saturated carbocycles. The van der Waals surface area contributed by atoms with Gasteiger partial charge in [-0.15, -0.1) is 0 Å². The van der Waals surface area contributed by atoms with Crippen LogP contribution in [0, 0.1) is 0 Å². The first-order valence-corrected chi connectivity index (χ1v) is 7.29. The molecular formula is C10H9Cl2N3O3S. The van der Waals surface area contributed by atoms with Crippen LogP contribution in [0.2, 0.25) is 10.0 Å². The second kappa shape index (κ2) is 5.38. The maximum atomic E-state index is 12.1. The van der Waals surface area contributed by atoms with E-state index in [-0.39, 0.29) is 21.3 Å². The molecule has 0 bridgehead atoms. The van der Waals surface area contributed by atoms with Crippen LogP contribution in [-0.2, 0) is 16.6 Å². The van der Waals surface area contributed by atoms with Gasteiger partial charge in [0.1, 0.15) is 0 Å². The van der Waals surface area contributed by atoms with Gasteiger partial charge >= 0.3 is 0 Å². The SMILES string of the molecule is O=S(=O)(Nc1cc(Cl)ccc1Cl)c1[nH]ncc1CO. The molecule has 0 fully saturated rings.